The van der Waals surface area contributed by atoms with E-state index in [2.05, 4.69) is 10.3 Å². The lowest BCUT2D eigenvalue weighted by atomic mass is 9.85. The topological polar surface area (TPSA) is 79.4 Å². The Hall–Kier alpha value is -2.19. The fourth-order valence-electron chi connectivity index (χ4n) is 4.20. The Morgan fingerprint density at radius 1 is 1.23 bits per heavy atom. The third-order valence-electron chi connectivity index (χ3n) is 5.66. The lowest BCUT2D eigenvalue weighted by Gasteiger charge is -2.27. The van der Waals surface area contributed by atoms with E-state index in [-0.39, 0.29) is 35.5 Å². The zero-order chi connectivity index (χ0) is 21.4. The van der Waals surface area contributed by atoms with Crippen LogP contribution in [-0.4, -0.2) is 39.9 Å². The zero-order valence-electron chi connectivity index (χ0n) is 17.3. The predicted octanol–water partition coefficient (Wildman–Crippen LogP) is 4.32. The van der Waals surface area contributed by atoms with Crippen LogP contribution in [0.15, 0.2) is 34.7 Å². The van der Waals surface area contributed by atoms with Crippen molar-refractivity contribution < 1.29 is 14.4 Å². The van der Waals surface area contributed by atoms with Crippen LogP contribution in [0.1, 0.15) is 33.1 Å². The first-order chi connectivity index (χ1) is 14.4. The lowest BCUT2D eigenvalue weighted by Crippen LogP contribution is -2.48. The number of hydrogen-bond acceptors (Lipinski definition) is 6. The number of likely N-dealkylation sites (tertiary alicyclic amines) is 1. The lowest BCUT2D eigenvalue weighted by molar-refractivity contribution is -0.147. The second-order valence-corrected chi connectivity index (χ2v) is 10.3. The Balaban J connectivity index is 1.58. The average molecular weight is 444 g/mol. The highest BCUT2D eigenvalue weighted by atomic mass is 32.2. The van der Waals surface area contributed by atoms with E-state index in [1.165, 1.54) is 4.90 Å². The van der Waals surface area contributed by atoms with E-state index in [4.69, 9.17) is 0 Å². The molecule has 2 heterocycles. The molecule has 6 nitrogen and oxygen atoms in total. The van der Waals surface area contributed by atoms with Crippen molar-refractivity contribution in [3.63, 3.8) is 0 Å². The van der Waals surface area contributed by atoms with E-state index in [1.54, 1.807) is 23.1 Å². The number of nitrogens with one attached hydrogen (secondary N) is 1. The quantitative estimate of drug-likeness (QED) is 0.409. The van der Waals surface area contributed by atoms with Gasteiger partial charge in [0, 0.05) is 5.69 Å². The van der Waals surface area contributed by atoms with Gasteiger partial charge in [-0.1, -0.05) is 37.8 Å². The van der Waals surface area contributed by atoms with Gasteiger partial charge in [0.05, 0.1) is 22.1 Å². The maximum atomic E-state index is 13.2. The Bertz CT molecular complexity index is 1000. The van der Waals surface area contributed by atoms with Gasteiger partial charge in [0.1, 0.15) is 6.04 Å². The number of carbonyl (C=O) groups is 3. The first-order valence-corrected chi connectivity index (χ1v) is 12.2. The summed E-state index contributed by atoms with van der Waals surface area (Å²) in [6.45, 7) is 3.99. The number of anilines is 1. The largest absolute Gasteiger partial charge is 0.324 e. The molecule has 2 aliphatic rings. The number of thioether (sulfide) groups is 1. The van der Waals surface area contributed by atoms with Gasteiger partial charge in [0.25, 0.3) is 0 Å². The highest BCUT2D eigenvalue weighted by molar-refractivity contribution is 8.00. The fraction of sp³-hybridized carbons (Fsp3) is 0.455. The van der Waals surface area contributed by atoms with Crippen LogP contribution < -0.4 is 5.32 Å². The molecule has 0 spiro atoms. The molecule has 4 rings (SSSR count). The molecule has 30 heavy (non-hydrogen) atoms. The number of imide groups is 1. The molecular weight excluding hydrogens is 418 g/mol. The van der Waals surface area contributed by atoms with Crippen molar-refractivity contribution in [3.8, 4) is 0 Å². The average Bonchev–Trinajstić information content (AvgIpc) is 3.25. The van der Waals surface area contributed by atoms with Crippen LogP contribution in [0, 0.1) is 17.8 Å². The van der Waals surface area contributed by atoms with Crippen molar-refractivity contribution >= 4 is 56.7 Å². The number of allylic oxidation sites excluding steroid dienone is 2. The van der Waals surface area contributed by atoms with Crippen molar-refractivity contribution in [1.82, 2.24) is 9.88 Å². The molecule has 3 unspecified atom stereocenters. The zero-order valence-corrected chi connectivity index (χ0v) is 18.9. The number of hydrogen-bond donors (Lipinski definition) is 1. The first kappa shape index (κ1) is 21.1. The van der Waals surface area contributed by atoms with Gasteiger partial charge in [0.2, 0.25) is 17.7 Å². The predicted molar refractivity (Wildman–Crippen MR) is 120 cm³/mol. The number of thiazole rings is 1. The number of benzene rings is 1. The minimum absolute atomic E-state index is 0.162. The van der Waals surface area contributed by atoms with Gasteiger partial charge in [-0.3, -0.25) is 19.3 Å². The molecule has 1 aliphatic carbocycles. The maximum absolute atomic E-state index is 13.2. The maximum Gasteiger partial charge on any atom is 0.247 e. The number of nitrogens with zero attached hydrogens (tertiary/aromatic N) is 2. The Morgan fingerprint density at radius 2 is 1.90 bits per heavy atom. The number of amides is 3. The summed E-state index contributed by atoms with van der Waals surface area (Å²) in [4.78, 5) is 45.0. The van der Waals surface area contributed by atoms with Gasteiger partial charge >= 0.3 is 0 Å². The monoisotopic (exact) mass is 443 g/mol. The summed E-state index contributed by atoms with van der Waals surface area (Å²) >= 11 is 3.16. The van der Waals surface area contributed by atoms with Crippen LogP contribution in [0.4, 0.5) is 5.69 Å². The molecule has 1 saturated heterocycles. The molecule has 1 aliphatic heterocycles. The van der Waals surface area contributed by atoms with Gasteiger partial charge in [-0.05, 0) is 49.6 Å². The summed E-state index contributed by atoms with van der Waals surface area (Å²) in [5.74, 6) is -1.23. The number of rotatable bonds is 6. The van der Waals surface area contributed by atoms with Crippen molar-refractivity contribution in [2.75, 3.05) is 11.6 Å². The van der Waals surface area contributed by atoms with Crippen LogP contribution in [0.3, 0.4) is 0 Å². The molecule has 0 saturated carbocycles. The summed E-state index contributed by atoms with van der Waals surface area (Å²) in [7, 11) is 0. The summed E-state index contributed by atoms with van der Waals surface area (Å²) in [5, 5.41) is 2.94. The van der Waals surface area contributed by atoms with Gasteiger partial charge in [-0.25, -0.2) is 4.98 Å². The minimum atomic E-state index is -0.797. The van der Waals surface area contributed by atoms with Gasteiger partial charge in [-0.15, -0.1) is 11.3 Å². The Labute approximate surface area is 184 Å². The van der Waals surface area contributed by atoms with Crippen molar-refractivity contribution in [3.05, 3.63) is 30.4 Å². The van der Waals surface area contributed by atoms with Crippen molar-refractivity contribution in [1.29, 1.82) is 0 Å². The van der Waals surface area contributed by atoms with Crippen molar-refractivity contribution in [2.45, 2.75) is 43.5 Å². The molecule has 2 aromatic rings. The molecule has 8 heteroatoms. The molecule has 1 aromatic carbocycles. The molecular formula is C22H25N3O3S2. The van der Waals surface area contributed by atoms with Crippen LogP contribution in [0.25, 0.3) is 10.2 Å². The van der Waals surface area contributed by atoms with Gasteiger partial charge in [0.15, 0.2) is 4.34 Å². The molecule has 158 valence electrons. The highest BCUT2D eigenvalue weighted by Gasteiger charge is 2.51. The van der Waals surface area contributed by atoms with Crippen LogP contribution >= 0.6 is 23.1 Å². The number of fused-ring (bicyclic) bond motifs is 2. The molecule has 1 N–H and O–H groups in total. The normalized spacial score (nSPS) is 22.1. The Morgan fingerprint density at radius 3 is 2.50 bits per heavy atom. The summed E-state index contributed by atoms with van der Waals surface area (Å²) in [6.07, 6.45) is 7.48. The standard InChI is InChI=1S/C22H25N3O3S2/c1-12(2)10-17(25-20(27)14-6-4-5-7-15(14)21(25)28)19(26)23-13-8-9-16-18(11-13)30-22(24-16)29-3/h4-5,8-9,11-12,14-15,17H,6-7,10H2,1-3H3,(H,23,26). The summed E-state index contributed by atoms with van der Waals surface area (Å²) < 4.78 is 1.96. The Kier molecular flexibility index (Phi) is 5.97. The highest BCUT2D eigenvalue weighted by Crippen LogP contribution is 2.37. The first-order valence-electron chi connectivity index (χ1n) is 10.2. The molecule has 1 aromatic heterocycles. The smallest absolute Gasteiger partial charge is 0.247 e. The van der Waals surface area contributed by atoms with E-state index < -0.39 is 6.04 Å². The third-order valence-corrected chi connectivity index (χ3v) is 7.66. The summed E-state index contributed by atoms with van der Waals surface area (Å²) in [5.41, 5.74) is 1.54. The fourth-order valence-corrected chi connectivity index (χ4v) is 5.73. The number of carbonyl (C=O) groups excluding carboxylic acids is 3. The molecule has 1 fully saturated rings. The summed E-state index contributed by atoms with van der Waals surface area (Å²) in [6, 6.07) is 4.79. The van der Waals surface area contributed by atoms with Crippen LogP contribution in [0.2, 0.25) is 0 Å². The van der Waals surface area contributed by atoms with Crippen LogP contribution in [0.5, 0.6) is 0 Å². The molecule has 3 atom stereocenters. The molecule has 0 bridgehead atoms. The van der Waals surface area contributed by atoms with E-state index in [1.807, 2.05) is 50.5 Å². The van der Waals surface area contributed by atoms with E-state index in [0.717, 1.165) is 14.6 Å². The van der Waals surface area contributed by atoms with Crippen LogP contribution in [-0.2, 0) is 14.4 Å². The van der Waals surface area contributed by atoms with Gasteiger partial charge in [-0.2, -0.15) is 0 Å². The minimum Gasteiger partial charge on any atom is -0.324 e. The second-order valence-electron chi connectivity index (χ2n) is 8.20. The molecule has 0 radical (unpaired) electrons. The van der Waals surface area contributed by atoms with Gasteiger partial charge < -0.3 is 5.32 Å². The SMILES string of the molecule is CSc1nc2ccc(NC(=O)C(CC(C)C)N3C(=O)C4CC=CCC4C3=O)cc2s1. The second kappa shape index (κ2) is 8.51. The molecule has 3 amide bonds. The van der Waals surface area contributed by atoms with Crippen molar-refractivity contribution in [2.24, 2.45) is 17.8 Å². The van der Waals surface area contributed by atoms with E-state index in [0.29, 0.717) is 24.9 Å². The third kappa shape index (κ3) is 3.90. The van der Waals surface area contributed by atoms with E-state index in [9.17, 15) is 14.4 Å². The van der Waals surface area contributed by atoms with E-state index >= 15 is 0 Å². The number of aromatic nitrogens is 1.